The van der Waals surface area contributed by atoms with Crippen LogP contribution in [-0.4, -0.2) is 47.0 Å². The van der Waals surface area contributed by atoms with E-state index in [1.54, 1.807) is 7.05 Å². The van der Waals surface area contributed by atoms with Crippen LogP contribution in [0.5, 0.6) is 0 Å². The fourth-order valence-electron chi connectivity index (χ4n) is 3.06. The Labute approximate surface area is 170 Å². The van der Waals surface area contributed by atoms with E-state index in [4.69, 9.17) is 11.6 Å². The minimum Gasteiger partial charge on any atom is -0.395 e. The first-order chi connectivity index (χ1) is 13.4. The maximum absolute atomic E-state index is 12.1. The summed E-state index contributed by atoms with van der Waals surface area (Å²) in [6, 6.07) is 9.36. The average molecular weight is 409 g/mol. The van der Waals surface area contributed by atoms with Crippen LogP contribution in [0.4, 0.5) is 5.82 Å². The zero-order valence-electron chi connectivity index (χ0n) is 16.5. The number of unbranched alkanes of at least 4 members (excludes halogenated alkanes) is 1. The van der Waals surface area contributed by atoms with E-state index in [-0.39, 0.29) is 17.9 Å². The van der Waals surface area contributed by atoms with Crippen LogP contribution in [0.15, 0.2) is 39.9 Å². The highest BCUT2D eigenvalue weighted by molar-refractivity contribution is 6.30. The largest absolute Gasteiger partial charge is 0.395 e. The van der Waals surface area contributed by atoms with E-state index in [1.165, 1.54) is 23.2 Å². The smallest absolute Gasteiger partial charge is 0.332 e. The predicted molar refractivity (Wildman–Crippen MR) is 113 cm³/mol. The summed E-state index contributed by atoms with van der Waals surface area (Å²) >= 11 is 5.89. The molecule has 2 rings (SSSR count). The quantitative estimate of drug-likeness (QED) is 0.545. The van der Waals surface area contributed by atoms with Crippen molar-refractivity contribution in [1.82, 2.24) is 14.5 Å². The molecular weight excluding hydrogens is 380 g/mol. The molecule has 0 fully saturated rings. The van der Waals surface area contributed by atoms with Crippen molar-refractivity contribution in [3.63, 3.8) is 0 Å². The fraction of sp³-hybridized carbons (Fsp3) is 0.500. The van der Waals surface area contributed by atoms with E-state index in [0.717, 1.165) is 35.4 Å². The average Bonchev–Trinajstić information content (AvgIpc) is 2.69. The molecule has 2 aromatic rings. The number of nitrogens with zero attached hydrogens (tertiary/aromatic N) is 3. The Bertz CT molecular complexity index is 861. The first-order valence-corrected chi connectivity index (χ1v) is 9.90. The maximum atomic E-state index is 12.1. The van der Waals surface area contributed by atoms with Crippen molar-refractivity contribution in [3.8, 4) is 0 Å². The van der Waals surface area contributed by atoms with Gasteiger partial charge < -0.3 is 15.3 Å². The van der Waals surface area contributed by atoms with E-state index < -0.39 is 0 Å². The Morgan fingerprint density at radius 3 is 2.43 bits per heavy atom. The monoisotopic (exact) mass is 408 g/mol. The maximum Gasteiger partial charge on any atom is 0.332 e. The minimum absolute atomic E-state index is 0.0511. The Balaban J connectivity index is 1.79. The predicted octanol–water partition coefficient (Wildman–Crippen LogP) is 1.15. The standard InChI is InChI=1S/C20H29ClN4O3/c1-23-18(15-19(27)24(2)20(23)28)25(13-14-26)12-11-22-10-4-3-5-16-6-8-17(21)9-7-16/h6-9,15,22,26H,3-5,10-14H2,1-2H3. The molecule has 7 nitrogen and oxygen atoms in total. The lowest BCUT2D eigenvalue weighted by Gasteiger charge is -2.26. The van der Waals surface area contributed by atoms with Crippen molar-refractivity contribution in [2.75, 3.05) is 37.7 Å². The number of aryl methyl sites for hydroxylation is 1. The molecule has 0 atom stereocenters. The number of rotatable bonds is 11. The molecule has 1 aromatic heterocycles. The second-order valence-electron chi connectivity index (χ2n) is 6.79. The molecular formula is C20H29ClN4O3. The van der Waals surface area contributed by atoms with Gasteiger partial charge in [-0.25, -0.2) is 4.79 Å². The molecule has 1 heterocycles. The number of hydrogen-bond acceptors (Lipinski definition) is 5. The lowest BCUT2D eigenvalue weighted by atomic mass is 10.1. The summed E-state index contributed by atoms with van der Waals surface area (Å²) in [5.74, 6) is 0.520. The van der Waals surface area contributed by atoms with Gasteiger partial charge in [-0.3, -0.25) is 13.9 Å². The molecule has 28 heavy (non-hydrogen) atoms. The summed E-state index contributed by atoms with van der Waals surface area (Å²) in [5, 5.41) is 13.5. The van der Waals surface area contributed by atoms with Gasteiger partial charge in [0.25, 0.3) is 5.56 Å². The van der Waals surface area contributed by atoms with Crippen LogP contribution in [0.3, 0.4) is 0 Å². The van der Waals surface area contributed by atoms with Crippen molar-refractivity contribution in [1.29, 1.82) is 0 Å². The Morgan fingerprint density at radius 2 is 1.75 bits per heavy atom. The molecule has 0 unspecified atom stereocenters. The molecule has 0 saturated carbocycles. The summed E-state index contributed by atoms with van der Waals surface area (Å²) in [7, 11) is 3.09. The van der Waals surface area contributed by atoms with Crippen LogP contribution in [-0.2, 0) is 20.5 Å². The van der Waals surface area contributed by atoms with Crippen LogP contribution in [0.2, 0.25) is 5.02 Å². The second kappa shape index (κ2) is 11.0. The molecule has 154 valence electrons. The van der Waals surface area contributed by atoms with Gasteiger partial charge in [-0.05, 0) is 43.5 Å². The highest BCUT2D eigenvalue weighted by Gasteiger charge is 2.12. The third-order valence-corrected chi connectivity index (χ3v) is 4.99. The van der Waals surface area contributed by atoms with Gasteiger partial charge in [-0.2, -0.15) is 0 Å². The fourth-order valence-corrected chi connectivity index (χ4v) is 3.18. The third-order valence-electron chi connectivity index (χ3n) is 4.74. The summed E-state index contributed by atoms with van der Waals surface area (Å²) < 4.78 is 2.50. The van der Waals surface area contributed by atoms with Crippen molar-refractivity contribution in [2.45, 2.75) is 19.3 Å². The highest BCUT2D eigenvalue weighted by atomic mass is 35.5. The SMILES string of the molecule is Cn1c(N(CCO)CCNCCCCc2ccc(Cl)cc2)cc(=O)n(C)c1=O. The Hall–Kier alpha value is -2.09. The topological polar surface area (TPSA) is 79.5 Å². The lowest BCUT2D eigenvalue weighted by Crippen LogP contribution is -2.43. The lowest BCUT2D eigenvalue weighted by molar-refractivity contribution is 0.301. The van der Waals surface area contributed by atoms with E-state index >= 15 is 0 Å². The van der Waals surface area contributed by atoms with Crippen LogP contribution in [0.25, 0.3) is 0 Å². The van der Waals surface area contributed by atoms with Crippen LogP contribution >= 0.6 is 11.6 Å². The summed E-state index contributed by atoms with van der Waals surface area (Å²) in [6.07, 6.45) is 3.15. The normalized spacial score (nSPS) is 11.0. The number of aromatic nitrogens is 2. The van der Waals surface area contributed by atoms with Gasteiger partial charge in [0, 0.05) is 44.8 Å². The summed E-state index contributed by atoms with van der Waals surface area (Å²) in [4.78, 5) is 25.9. The van der Waals surface area contributed by atoms with Crippen LogP contribution in [0.1, 0.15) is 18.4 Å². The first-order valence-electron chi connectivity index (χ1n) is 9.52. The molecule has 8 heteroatoms. The third kappa shape index (κ3) is 6.22. The second-order valence-corrected chi connectivity index (χ2v) is 7.22. The number of anilines is 1. The van der Waals surface area contributed by atoms with Gasteiger partial charge in [0.05, 0.1) is 6.61 Å². The zero-order valence-corrected chi connectivity index (χ0v) is 17.3. The molecule has 0 radical (unpaired) electrons. The van der Waals surface area contributed by atoms with E-state index in [9.17, 15) is 14.7 Å². The molecule has 0 saturated heterocycles. The minimum atomic E-state index is -0.374. The number of aliphatic hydroxyl groups is 1. The van der Waals surface area contributed by atoms with Gasteiger partial charge in [0.2, 0.25) is 0 Å². The molecule has 0 aliphatic rings. The van der Waals surface area contributed by atoms with Crippen LogP contribution in [0, 0.1) is 0 Å². The van der Waals surface area contributed by atoms with Gasteiger partial charge in [0.15, 0.2) is 0 Å². The van der Waals surface area contributed by atoms with Crippen molar-refractivity contribution >= 4 is 17.4 Å². The molecule has 0 amide bonds. The van der Waals surface area contributed by atoms with Crippen LogP contribution < -0.4 is 21.5 Å². The number of benzene rings is 1. The number of halogens is 1. The number of hydrogen-bond donors (Lipinski definition) is 2. The van der Waals surface area contributed by atoms with Gasteiger partial charge in [0.1, 0.15) is 5.82 Å². The zero-order chi connectivity index (χ0) is 20.5. The summed E-state index contributed by atoms with van der Waals surface area (Å²) in [6.45, 7) is 2.49. The van der Waals surface area contributed by atoms with Gasteiger partial charge in [-0.1, -0.05) is 23.7 Å². The van der Waals surface area contributed by atoms with Crippen molar-refractivity contribution in [3.05, 3.63) is 61.8 Å². The highest BCUT2D eigenvalue weighted by Crippen LogP contribution is 2.11. The van der Waals surface area contributed by atoms with E-state index in [1.807, 2.05) is 17.0 Å². The van der Waals surface area contributed by atoms with E-state index in [2.05, 4.69) is 17.4 Å². The molecule has 0 spiro atoms. The Kier molecular flexibility index (Phi) is 8.76. The summed E-state index contributed by atoms with van der Waals surface area (Å²) in [5.41, 5.74) is 0.557. The molecule has 0 aliphatic carbocycles. The molecule has 0 aliphatic heterocycles. The number of aliphatic hydroxyl groups excluding tert-OH is 1. The van der Waals surface area contributed by atoms with Gasteiger partial charge >= 0.3 is 5.69 Å². The Morgan fingerprint density at radius 1 is 1.04 bits per heavy atom. The molecule has 0 bridgehead atoms. The van der Waals surface area contributed by atoms with Crippen molar-refractivity contribution < 1.29 is 5.11 Å². The van der Waals surface area contributed by atoms with Crippen molar-refractivity contribution in [2.24, 2.45) is 14.1 Å². The van der Waals surface area contributed by atoms with Gasteiger partial charge in [-0.15, -0.1) is 0 Å². The first kappa shape index (κ1) is 22.2. The molecule has 1 aromatic carbocycles. The van der Waals surface area contributed by atoms with E-state index in [0.29, 0.717) is 25.5 Å². The molecule has 2 N–H and O–H groups in total. The number of nitrogens with one attached hydrogen (secondary N) is 1.